The number of fused-ring (bicyclic) bond motifs is 3. The molecule has 0 amide bonds. The van der Waals surface area contributed by atoms with E-state index in [0.29, 0.717) is 0 Å². The molecule has 2 heterocycles. The van der Waals surface area contributed by atoms with Gasteiger partial charge in [0, 0.05) is 22.4 Å². The molecule has 0 spiro atoms. The second-order valence-electron chi connectivity index (χ2n) is 5.70. The van der Waals surface area contributed by atoms with Gasteiger partial charge in [-0.25, -0.2) is 9.55 Å². The first-order chi connectivity index (χ1) is 11.3. The average molecular weight is 424 g/mol. The van der Waals surface area contributed by atoms with E-state index < -0.39 is 0 Å². The molecule has 24 heavy (non-hydrogen) atoms. The topological polar surface area (TPSA) is 16.8 Å². The standard InChI is InChI=1S/C21H17N2.HI/c1-23-14-6-7-16(15-23)12-13-21-19-9-3-2-8-17(19)18-10-4-5-11-20(18)22-21;/h2-15H,1H3;1H/q+1;/p-1/b13-12+;. The Kier molecular flexibility index (Phi) is 4.90. The fraction of sp³-hybridized carbons (Fsp3) is 0.0476. The smallest absolute Gasteiger partial charge is 0.175 e. The zero-order chi connectivity index (χ0) is 15.6. The normalized spacial score (nSPS) is 11.0. The number of benzene rings is 2. The highest BCUT2D eigenvalue weighted by Crippen LogP contribution is 2.27. The van der Waals surface area contributed by atoms with E-state index in [1.54, 1.807) is 0 Å². The van der Waals surface area contributed by atoms with E-state index in [4.69, 9.17) is 4.98 Å². The van der Waals surface area contributed by atoms with Gasteiger partial charge in [-0.15, -0.1) is 0 Å². The van der Waals surface area contributed by atoms with Crippen molar-refractivity contribution in [3.8, 4) is 0 Å². The summed E-state index contributed by atoms with van der Waals surface area (Å²) >= 11 is 0. The summed E-state index contributed by atoms with van der Waals surface area (Å²) in [6, 6.07) is 20.9. The molecule has 0 aliphatic rings. The van der Waals surface area contributed by atoms with Crippen LogP contribution < -0.4 is 28.5 Å². The van der Waals surface area contributed by atoms with Crippen LogP contribution in [0.3, 0.4) is 0 Å². The van der Waals surface area contributed by atoms with Crippen molar-refractivity contribution in [2.24, 2.45) is 7.05 Å². The van der Waals surface area contributed by atoms with Crippen molar-refractivity contribution in [3.05, 3.63) is 84.3 Å². The van der Waals surface area contributed by atoms with E-state index in [1.165, 1.54) is 16.2 Å². The molecule has 4 rings (SSSR count). The summed E-state index contributed by atoms with van der Waals surface area (Å²) in [6.07, 6.45) is 8.34. The fourth-order valence-corrected chi connectivity index (χ4v) is 2.94. The van der Waals surface area contributed by atoms with Crippen LogP contribution in [0, 0.1) is 0 Å². The van der Waals surface area contributed by atoms with Crippen molar-refractivity contribution >= 4 is 33.8 Å². The zero-order valence-corrected chi connectivity index (χ0v) is 15.5. The molecule has 0 radical (unpaired) electrons. The lowest BCUT2D eigenvalue weighted by molar-refractivity contribution is -0.671. The summed E-state index contributed by atoms with van der Waals surface area (Å²) in [7, 11) is 2.03. The molecule has 0 aliphatic heterocycles. The van der Waals surface area contributed by atoms with Crippen molar-refractivity contribution in [2.45, 2.75) is 0 Å². The summed E-state index contributed by atoms with van der Waals surface area (Å²) < 4.78 is 2.05. The SMILES string of the molecule is C[n+]1cccc(/C=C/c2nc3ccccc3c3ccccc23)c1.[I-]. The minimum Gasteiger partial charge on any atom is -1.00 e. The molecule has 2 aromatic heterocycles. The minimum atomic E-state index is 0. The molecule has 0 saturated carbocycles. The number of nitrogens with zero attached hydrogens (tertiary/aromatic N) is 2. The second kappa shape index (κ2) is 7.09. The lowest BCUT2D eigenvalue weighted by Crippen LogP contribution is -3.00. The molecule has 2 aromatic carbocycles. The van der Waals surface area contributed by atoms with Crippen LogP contribution in [-0.4, -0.2) is 4.98 Å². The van der Waals surface area contributed by atoms with E-state index in [1.807, 2.05) is 29.9 Å². The minimum absolute atomic E-state index is 0. The van der Waals surface area contributed by atoms with Gasteiger partial charge < -0.3 is 24.0 Å². The Hall–Kier alpha value is -2.27. The lowest BCUT2D eigenvalue weighted by Gasteiger charge is -2.06. The number of aromatic nitrogens is 2. The summed E-state index contributed by atoms with van der Waals surface area (Å²) in [5, 5.41) is 3.63. The molecule has 0 atom stereocenters. The maximum Gasteiger partial charge on any atom is 0.175 e. The van der Waals surface area contributed by atoms with Crippen LogP contribution in [0.5, 0.6) is 0 Å². The third-order valence-corrected chi connectivity index (χ3v) is 4.03. The number of rotatable bonds is 2. The Morgan fingerprint density at radius 2 is 1.50 bits per heavy atom. The van der Waals surface area contributed by atoms with Crippen LogP contribution in [0.1, 0.15) is 11.3 Å². The Balaban J connectivity index is 0.00000169. The number of pyridine rings is 2. The highest BCUT2D eigenvalue weighted by atomic mass is 127. The molecule has 118 valence electrons. The van der Waals surface area contributed by atoms with Crippen LogP contribution in [0.4, 0.5) is 0 Å². The van der Waals surface area contributed by atoms with Crippen molar-refractivity contribution in [2.75, 3.05) is 0 Å². The van der Waals surface area contributed by atoms with Gasteiger partial charge in [0.2, 0.25) is 0 Å². The van der Waals surface area contributed by atoms with Gasteiger partial charge in [-0.1, -0.05) is 42.5 Å². The predicted molar refractivity (Wildman–Crippen MR) is 95.8 cm³/mol. The number of aryl methyl sites for hydroxylation is 1. The van der Waals surface area contributed by atoms with Crippen molar-refractivity contribution < 1.29 is 28.5 Å². The first-order valence-corrected chi connectivity index (χ1v) is 7.72. The van der Waals surface area contributed by atoms with Gasteiger partial charge in [-0.2, -0.15) is 0 Å². The molecule has 3 heteroatoms. The van der Waals surface area contributed by atoms with Crippen molar-refractivity contribution in [1.82, 2.24) is 4.98 Å². The molecule has 2 nitrogen and oxygen atoms in total. The van der Waals surface area contributed by atoms with E-state index in [2.05, 4.69) is 66.9 Å². The average Bonchev–Trinajstić information content (AvgIpc) is 2.60. The van der Waals surface area contributed by atoms with Crippen LogP contribution >= 0.6 is 0 Å². The predicted octanol–water partition coefficient (Wildman–Crippen LogP) is 1.39. The van der Waals surface area contributed by atoms with Gasteiger partial charge in [0.15, 0.2) is 12.4 Å². The highest BCUT2D eigenvalue weighted by molar-refractivity contribution is 6.08. The van der Waals surface area contributed by atoms with Gasteiger partial charge in [0.25, 0.3) is 0 Å². The number of hydrogen-bond acceptors (Lipinski definition) is 1. The number of para-hydroxylation sites is 1. The molecular formula is C21H17IN2. The Bertz CT molecular complexity index is 1040. The summed E-state index contributed by atoms with van der Waals surface area (Å²) in [4.78, 5) is 4.85. The first-order valence-electron chi connectivity index (χ1n) is 7.72. The molecule has 0 fully saturated rings. The molecule has 0 aliphatic carbocycles. The van der Waals surface area contributed by atoms with Gasteiger partial charge in [0.1, 0.15) is 7.05 Å². The second-order valence-corrected chi connectivity index (χ2v) is 5.70. The zero-order valence-electron chi connectivity index (χ0n) is 13.4. The molecule has 0 saturated heterocycles. The van der Waals surface area contributed by atoms with Gasteiger partial charge in [-0.3, -0.25) is 0 Å². The van der Waals surface area contributed by atoms with E-state index in [-0.39, 0.29) is 24.0 Å². The van der Waals surface area contributed by atoms with E-state index >= 15 is 0 Å². The quantitative estimate of drug-likeness (QED) is 0.270. The largest absolute Gasteiger partial charge is 1.00 e. The molecule has 0 N–H and O–H groups in total. The number of halogens is 1. The Labute approximate surface area is 158 Å². The molecular weight excluding hydrogens is 407 g/mol. The van der Waals surface area contributed by atoms with Crippen molar-refractivity contribution in [3.63, 3.8) is 0 Å². The van der Waals surface area contributed by atoms with Crippen LogP contribution in [0.15, 0.2) is 73.1 Å². The molecule has 4 aromatic rings. The van der Waals surface area contributed by atoms with Crippen LogP contribution in [0.2, 0.25) is 0 Å². The fourth-order valence-electron chi connectivity index (χ4n) is 2.94. The van der Waals surface area contributed by atoms with E-state index in [9.17, 15) is 0 Å². The van der Waals surface area contributed by atoms with Gasteiger partial charge in [-0.05, 0) is 29.7 Å². The maximum absolute atomic E-state index is 4.85. The monoisotopic (exact) mass is 424 g/mol. The molecule has 0 bridgehead atoms. The van der Waals surface area contributed by atoms with Crippen molar-refractivity contribution in [1.29, 1.82) is 0 Å². The third-order valence-electron chi connectivity index (χ3n) is 4.03. The molecule has 0 unspecified atom stereocenters. The highest BCUT2D eigenvalue weighted by Gasteiger charge is 2.05. The summed E-state index contributed by atoms with van der Waals surface area (Å²) in [5.74, 6) is 0. The summed E-state index contributed by atoms with van der Waals surface area (Å²) in [5.41, 5.74) is 3.20. The van der Waals surface area contributed by atoms with Gasteiger partial charge in [0.05, 0.1) is 11.2 Å². The lowest BCUT2D eigenvalue weighted by atomic mass is 10.0. The summed E-state index contributed by atoms with van der Waals surface area (Å²) in [6.45, 7) is 0. The Morgan fingerprint density at radius 1 is 0.792 bits per heavy atom. The Morgan fingerprint density at radius 3 is 2.29 bits per heavy atom. The third kappa shape index (κ3) is 3.17. The first kappa shape index (κ1) is 16.6. The van der Waals surface area contributed by atoms with E-state index in [0.717, 1.165) is 16.8 Å². The van der Waals surface area contributed by atoms with Crippen LogP contribution in [-0.2, 0) is 7.05 Å². The number of hydrogen-bond donors (Lipinski definition) is 0. The maximum atomic E-state index is 4.85. The van der Waals surface area contributed by atoms with Crippen LogP contribution in [0.25, 0.3) is 33.8 Å². The van der Waals surface area contributed by atoms with Gasteiger partial charge >= 0.3 is 0 Å².